The van der Waals surface area contributed by atoms with Gasteiger partial charge in [0.2, 0.25) is 5.91 Å². The zero-order valence-corrected chi connectivity index (χ0v) is 13.2. The molecule has 2 aliphatic heterocycles. The van der Waals surface area contributed by atoms with Crippen molar-refractivity contribution in [3.05, 3.63) is 0 Å². The summed E-state index contributed by atoms with van der Waals surface area (Å²) in [4.78, 5) is 17.2. The Kier molecular flexibility index (Phi) is 5.41. The molecule has 2 saturated heterocycles. The summed E-state index contributed by atoms with van der Waals surface area (Å²) in [5, 5.41) is 3.34. The molecule has 20 heavy (non-hydrogen) atoms. The van der Waals surface area contributed by atoms with E-state index < -0.39 is 0 Å². The van der Waals surface area contributed by atoms with Crippen LogP contribution in [0.4, 0.5) is 0 Å². The lowest BCUT2D eigenvalue weighted by Gasteiger charge is -2.44. The molecule has 0 aromatic heterocycles. The van der Waals surface area contributed by atoms with Crippen LogP contribution >= 0.6 is 0 Å². The molecule has 0 radical (unpaired) electrons. The number of amides is 1. The molecule has 0 spiro atoms. The van der Waals surface area contributed by atoms with Crippen LogP contribution in [0.3, 0.4) is 0 Å². The van der Waals surface area contributed by atoms with Gasteiger partial charge in [-0.15, -0.1) is 0 Å². The Labute approximate surface area is 122 Å². The quantitative estimate of drug-likeness (QED) is 0.819. The first kappa shape index (κ1) is 15.7. The minimum atomic E-state index is -0.379. The number of carbonyl (C=O) groups excluding carboxylic acids is 1. The molecule has 2 heterocycles. The Morgan fingerprint density at radius 1 is 1.20 bits per heavy atom. The average Bonchev–Trinajstić information content (AvgIpc) is 2.48. The van der Waals surface area contributed by atoms with E-state index in [0.717, 1.165) is 58.7 Å². The summed E-state index contributed by atoms with van der Waals surface area (Å²) in [6.45, 7) is 10.6. The number of rotatable bonds is 4. The summed E-state index contributed by atoms with van der Waals surface area (Å²) < 4.78 is 5.22. The van der Waals surface area contributed by atoms with E-state index in [9.17, 15) is 4.79 Å². The Hall–Kier alpha value is -0.650. The largest absolute Gasteiger partial charge is 0.384 e. The van der Waals surface area contributed by atoms with Gasteiger partial charge in [0.1, 0.15) is 0 Å². The Morgan fingerprint density at radius 2 is 1.80 bits per heavy atom. The molecule has 5 heteroatoms. The summed E-state index contributed by atoms with van der Waals surface area (Å²) in [5.74, 6) is 0.904. The van der Waals surface area contributed by atoms with Crippen LogP contribution in [0.2, 0.25) is 0 Å². The van der Waals surface area contributed by atoms with Crippen molar-refractivity contribution in [1.82, 2.24) is 15.1 Å². The van der Waals surface area contributed by atoms with Crippen molar-refractivity contribution in [3.8, 4) is 0 Å². The molecule has 5 nitrogen and oxygen atoms in total. The van der Waals surface area contributed by atoms with Crippen LogP contribution in [0.5, 0.6) is 0 Å². The molecule has 0 bridgehead atoms. The minimum absolute atomic E-state index is 0.287. The number of hydrogen-bond donors (Lipinski definition) is 1. The molecular formula is C15H29N3O2. The van der Waals surface area contributed by atoms with E-state index in [2.05, 4.69) is 24.1 Å². The van der Waals surface area contributed by atoms with Crippen LogP contribution in [0.25, 0.3) is 0 Å². The van der Waals surface area contributed by atoms with Crippen LogP contribution in [-0.2, 0) is 9.53 Å². The highest BCUT2D eigenvalue weighted by Crippen LogP contribution is 2.23. The third kappa shape index (κ3) is 3.51. The molecule has 2 aliphatic rings. The van der Waals surface area contributed by atoms with Gasteiger partial charge in [-0.3, -0.25) is 9.69 Å². The number of piperazine rings is 1. The first-order valence-electron chi connectivity index (χ1n) is 7.80. The normalized spacial score (nSPS) is 23.1. The van der Waals surface area contributed by atoms with Crippen molar-refractivity contribution in [2.45, 2.75) is 32.2 Å². The van der Waals surface area contributed by atoms with Crippen molar-refractivity contribution in [3.63, 3.8) is 0 Å². The van der Waals surface area contributed by atoms with Crippen LogP contribution in [0.1, 0.15) is 26.7 Å². The van der Waals surface area contributed by atoms with Crippen molar-refractivity contribution in [2.24, 2.45) is 5.92 Å². The van der Waals surface area contributed by atoms with E-state index in [0.29, 0.717) is 5.92 Å². The maximum atomic E-state index is 12.8. The third-order valence-electron chi connectivity index (χ3n) is 4.74. The van der Waals surface area contributed by atoms with E-state index >= 15 is 0 Å². The minimum Gasteiger partial charge on any atom is -0.384 e. The highest BCUT2D eigenvalue weighted by atomic mass is 16.5. The fraction of sp³-hybridized carbons (Fsp3) is 0.933. The zero-order valence-electron chi connectivity index (χ0n) is 13.2. The van der Waals surface area contributed by atoms with Gasteiger partial charge in [-0.05, 0) is 32.6 Å². The topological polar surface area (TPSA) is 44.8 Å². The smallest absolute Gasteiger partial charge is 0.242 e. The van der Waals surface area contributed by atoms with Gasteiger partial charge in [-0.2, -0.15) is 0 Å². The Morgan fingerprint density at radius 3 is 2.35 bits per heavy atom. The third-order valence-corrected chi connectivity index (χ3v) is 4.74. The van der Waals surface area contributed by atoms with Gasteiger partial charge in [0.15, 0.2) is 0 Å². The van der Waals surface area contributed by atoms with Crippen LogP contribution in [-0.4, -0.2) is 74.2 Å². The van der Waals surface area contributed by atoms with Gasteiger partial charge < -0.3 is 15.0 Å². The predicted octanol–water partition coefficient (Wildman–Crippen LogP) is 0.555. The van der Waals surface area contributed by atoms with Crippen molar-refractivity contribution in [1.29, 1.82) is 0 Å². The number of nitrogens with one attached hydrogen (secondary N) is 1. The van der Waals surface area contributed by atoms with Gasteiger partial charge in [0.05, 0.1) is 5.54 Å². The molecule has 0 aliphatic carbocycles. The first-order valence-corrected chi connectivity index (χ1v) is 7.80. The van der Waals surface area contributed by atoms with Crippen molar-refractivity contribution in [2.75, 3.05) is 53.0 Å². The monoisotopic (exact) mass is 283 g/mol. The van der Waals surface area contributed by atoms with Crippen LogP contribution in [0.15, 0.2) is 0 Å². The SMILES string of the molecule is COCC1CCN(C(=O)C(C)(C)N2CCNCC2)CC1. The number of likely N-dealkylation sites (tertiary alicyclic amines) is 1. The summed E-state index contributed by atoms with van der Waals surface area (Å²) in [5.41, 5.74) is -0.379. The molecule has 116 valence electrons. The second-order valence-corrected chi connectivity index (χ2v) is 6.49. The summed E-state index contributed by atoms with van der Waals surface area (Å²) in [6, 6.07) is 0. The number of nitrogens with zero attached hydrogens (tertiary/aromatic N) is 2. The number of methoxy groups -OCH3 is 1. The molecular weight excluding hydrogens is 254 g/mol. The average molecular weight is 283 g/mol. The van der Waals surface area contributed by atoms with Gasteiger partial charge >= 0.3 is 0 Å². The van der Waals surface area contributed by atoms with Gasteiger partial charge in [0.25, 0.3) is 0 Å². The number of hydrogen-bond acceptors (Lipinski definition) is 4. The van der Waals surface area contributed by atoms with Crippen molar-refractivity contribution < 1.29 is 9.53 Å². The fourth-order valence-electron chi connectivity index (χ4n) is 3.28. The lowest BCUT2D eigenvalue weighted by atomic mass is 9.94. The number of ether oxygens (including phenoxy) is 1. The maximum absolute atomic E-state index is 12.8. The second-order valence-electron chi connectivity index (χ2n) is 6.49. The van der Waals surface area contributed by atoms with Crippen LogP contribution in [0, 0.1) is 5.92 Å². The highest BCUT2D eigenvalue weighted by Gasteiger charge is 2.39. The molecule has 0 unspecified atom stereocenters. The highest BCUT2D eigenvalue weighted by molar-refractivity contribution is 5.85. The fourth-order valence-corrected chi connectivity index (χ4v) is 3.28. The number of carbonyl (C=O) groups is 1. The van der Waals surface area contributed by atoms with Gasteiger partial charge in [-0.1, -0.05) is 0 Å². The van der Waals surface area contributed by atoms with Crippen LogP contribution < -0.4 is 5.32 Å². The van der Waals surface area contributed by atoms with Gasteiger partial charge in [0, 0.05) is 53.0 Å². The van der Waals surface area contributed by atoms with E-state index in [1.54, 1.807) is 7.11 Å². The van der Waals surface area contributed by atoms with E-state index in [1.807, 2.05) is 4.90 Å². The molecule has 2 rings (SSSR count). The molecule has 0 atom stereocenters. The molecule has 0 saturated carbocycles. The van der Waals surface area contributed by atoms with E-state index in [4.69, 9.17) is 4.74 Å². The standard InChI is InChI=1S/C15H29N3O2/c1-15(2,18-10-6-16-7-11-18)14(19)17-8-4-13(5-9-17)12-20-3/h13,16H,4-12H2,1-3H3. The van der Waals surface area contributed by atoms with E-state index in [-0.39, 0.29) is 11.4 Å². The molecule has 1 N–H and O–H groups in total. The summed E-state index contributed by atoms with van der Waals surface area (Å²) in [6.07, 6.45) is 2.13. The lowest BCUT2D eigenvalue weighted by molar-refractivity contribution is -0.144. The zero-order chi connectivity index (χ0) is 14.6. The Bertz CT molecular complexity index is 319. The molecule has 0 aromatic carbocycles. The maximum Gasteiger partial charge on any atom is 0.242 e. The predicted molar refractivity (Wildman–Crippen MR) is 79.7 cm³/mol. The molecule has 0 aromatic rings. The number of piperidine rings is 1. The van der Waals surface area contributed by atoms with Crippen molar-refractivity contribution >= 4 is 5.91 Å². The van der Waals surface area contributed by atoms with Gasteiger partial charge in [-0.25, -0.2) is 0 Å². The first-order chi connectivity index (χ1) is 9.55. The lowest BCUT2D eigenvalue weighted by Crippen LogP contribution is -2.61. The van der Waals surface area contributed by atoms with E-state index in [1.165, 1.54) is 0 Å². The molecule has 1 amide bonds. The summed E-state index contributed by atoms with van der Waals surface area (Å²) in [7, 11) is 1.75. The molecule has 2 fully saturated rings. The second kappa shape index (κ2) is 6.87. The Balaban J connectivity index is 1.90. The summed E-state index contributed by atoms with van der Waals surface area (Å²) >= 11 is 0.